The van der Waals surface area contributed by atoms with E-state index in [-0.39, 0.29) is 5.91 Å². The van der Waals surface area contributed by atoms with Crippen molar-refractivity contribution in [1.29, 1.82) is 0 Å². The maximum atomic E-state index is 12.6. The highest BCUT2D eigenvalue weighted by Crippen LogP contribution is 2.22. The Kier molecular flexibility index (Phi) is 6.62. The second-order valence-electron chi connectivity index (χ2n) is 7.58. The van der Waals surface area contributed by atoms with E-state index in [9.17, 15) is 4.79 Å². The van der Waals surface area contributed by atoms with Gasteiger partial charge in [0.25, 0.3) is 5.91 Å². The third kappa shape index (κ3) is 5.13. The van der Waals surface area contributed by atoms with Gasteiger partial charge in [-0.15, -0.1) is 11.3 Å². The third-order valence-electron chi connectivity index (χ3n) is 5.46. The molecule has 2 saturated heterocycles. The van der Waals surface area contributed by atoms with E-state index in [1.807, 2.05) is 22.4 Å². The number of hydrogen-bond donors (Lipinski definition) is 0. The summed E-state index contributed by atoms with van der Waals surface area (Å²) in [6.07, 6.45) is 2.16. The SMILES string of the molecule is O=C(c1cccs1)N1CCC[C@H](COc2ccc(CN3CCOCC3)cc2)C1. The normalized spacial score (nSPS) is 20.9. The van der Waals surface area contributed by atoms with Gasteiger partial charge in [-0.25, -0.2) is 0 Å². The fourth-order valence-corrected chi connectivity index (χ4v) is 4.56. The summed E-state index contributed by atoms with van der Waals surface area (Å²) in [7, 11) is 0. The number of piperidine rings is 1. The number of benzene rings is 1. The Morgan fingerprint density at radius 2 is 1.96 bits per heavy atom. The number of rotatable bonds is 6. The topological polar surface area (TPSA) is 42.0 Å². The van der Waals surface area contributed by atoms with Crippen LogP contribution in [0.5, 0.6) is 5.75 Å². The highest BCUT2D eigenvalue weighted by Gasteiger charge is 2.25. The zero-order valence-electron chi connectivity index (χ0n) is 16.2. The zero-order chi connectivity index (χ0) is 19.2. The molecule has 0 bridgehead atoms. The van der Waals surface area contributed by atoms with Gasteiger partial charge in [-0.05, 0) is 42.0 Å². The minimum atomic E-state index is 0.159. The molecule has 0 saturated carbocycles. The van der Waals surface area contributed by atoms with Crippen molar-refractivity contribution in [3.63, 3.8) is 0 Å². The van der Waals surface area contributed by atoms with E-state index >= 15 is 0 Å². The van der Waals surface area contributed by atoms with Gasteiger partial charge < -0.3 is 14.4 Å². The molecule has 5 nitrogen and oxygen atoms in total. The minimum absolute atomic E-state index is 0.159. The molecule has 150 valence electrons. The maximum absolute atomic E-state index is 12.6. The molecule has 6 heteroatoms. The number of likely N-dealkylation sites (tertiary alicyclic amines) is 1. The van der Waals surface area contributed by atoms with Gasteiger partial charge in [-0.1, -0.05) is 18.2 Å². The standard InChI is InChI=1S/C22H28N2O3S/c25-22(21-4-2-14-28-21)24-9-1-3-19(16-24)17-27-20-7-5-18(6-8-20)15-23-10-12-26-13-11-23/h2,4-8,14,19H,1,3,9-13,15-17H2/t19-/m0/s1. The van der Waals surface area contributed by atoms with Crippen molar-refractivity contribution in [3.8, 4) is 5.75 Å². The second-order valence-corrected chi connectivity index (χ2v) is 8.53. The first-order valence-electron chi connectivity index (χ1n) is 10.1. The number of ether oxygens (including phenoxy) is 2. The summed E-state index contributed by atoms with van der Waals surface area (Å²) >= 11 is 1.52. The quantitative estimate of drug-likeness (QED) is 0.744. The van der Waals surface area contributed by atoms with Crippen molar-refractivity contribution in [2.45, 2.75) is 19.4 Å². The van der Waals surface area contributed by atoms with Crippen molar-refractivity contribution >= 4 is 17.2 Å². The summed E-state index contributed by atoms with van der Waals surface area (Å²) in [4.78, 5) is 17.8. The molecule has 4 rings (SSSR count). The number of nitrogens with zero attached hydrogens (tertiary/aromatic N) is 2. The van der Waals surface area contributed by atoms with Gasteiger partial charge >= 0.3 is 0 Å². The number of morpholine rings is 1. The number of carbonyl (C=O) groups excluding carboxylic acids is 1. The molecule has 2 aliphatic rings. The van der Waals surface area contributed by atoms with Crippen LogP contribution in [-0.4, -0.2) is 61.7 Å². The average Bonchev–Trinajstić information content (AvgIpc) is 3.29. The molecule has 0 aliphatic carbocycles. The molecule has 2 fully saturated rings. The number of carbonyl (C=O) groups is 1. The molecular weight excluding hydrogens is 372 g/mol. The molecule has 0 unspecified atom stereocenters. The van der Waals surface area contributed by atoms with E-state index in [2.05, 4.69) is 29.2 Å². The van der Waals surface area contributed by atoms with E-state index in [0.717, 1.165) is 69.4 Å². The second kappa shape index (κ2) is 9.54. The van der Waals surface area contributed by atoms with Crippen LogP contribution in [-0.2, 0) is 11.3 Å². The fourth-order valence-electron chi connectivity index (χ4n) is 3.86. The van der Waals surface area contributed by atoms with Crippen LogP contribution < -0.4 is 4.74 Å². The summed E-state index contributed by atoms with van der Waals surface area (Å²) in [5.41, 5.74) is 1.31. The summed E-state index contributed by atoms with van der Waals surface area (Å²) in [6.45, 7) is 6.92. The van der Waals surface area contributed by atoms with E-state index in [1.165, 1.54) is 16.9 Å². The number of thiophene rings is 1. The molecule has 1 amide bonds. The molecule has 0 N–H and O–H groups in total. The van der Waals surface area contributed by atoms with Crippen LogP contribution in [0, 0.1) is 5.92 Å². The van der Waals surface area contributed by atoms with E-state index in [1.54, 1.807) is 0 Å². The van der Waals surface area contributed by atoms with Crippen LogP contribution in [0.2, 0.25) is 0 Å². The predicted octanol–water partition coefficient (Wildman–Crippen LogP) is 3.51. The van der Waals surface area contributed by atoms with Crippen molar-refractivity contribution in [2.24, 2.45) is 5.92 Å². The van der Waals surface area contributed by atoms with E-state index < -0.39 is 0 Å². The first-order valence-corrected chi connectivity index (χ1v) is 11.0. The zero-order valence-corrected chi connectivity index (χ0v) is 17.0. The van der Waals surface area contributed by atoms with E-state index in [4.69, 9.17) is 9.47 Å². The van der Waals surface area contributed by atoms with Crippen LogP contribution in [0.1, 0.15) is 28.1 Å². The van der Waals surface area contributed by atoms with E-state index in [0.29, 0.717) is 12.5 Å². The first-order chi connectivity index (χ1) is 13.8. The largest absolute Gasteiger partial charge is 0.493 e. The first kappa shape index (κ1) is 19.4. The molecular formula is C22H28N2O3S. The Labute approximate surface area is 170 Å². The molecule has 1 atom stereocenters. The molecule has 0 radical (unpaired) electrons. The third-order valence-corrected chi connectivity index (χ3v) is 6.31. The Morgan fingerprint density at radius 3 is 2.71 bits per heavy atom. The summed E-state index contributed by atoms with van der Waals surface area (Å²) < 4.78 is 11.4. The Bertz CT molecular complexity index is 742. The van der Waals surface area contributed by atoms with Gasteiger partial charge in [-0.3, -0.25) is 9.69 Å². The van der Waals surface area contributed by atoms with Crippen LogP contribution in [0.4, 0.5) is 0 Å². The van der Waals surface area contributed by atoms with Crippen LogP contribution in [0.25, 0.3) is 0 Å². The van der Waals surface area contributed by atoms with Gasteiger partial charge in [0.15, 0.2) is 0 Å². The number of amides is 1. The lowest BCUT2D eigenvalue weighted by Crippen LogP contribution is -2.41. The van der Waals surface area contributed by atoms with Crippen molar-refractivity contribution in [2.75, 3.05) is 46.0 Å². The fraction of sp³-hybridized carbons (Fsp3) is 0.500. The predicted molar refractivity (Wildman–Crippen MR) is 111 cm³/mol. The van der Waals surface area contributed by atoms with Gasteiger partial charge in [0.1, 0.15) is 5.75 Å². The summed E-state index contributed by atoms with van der Waals surface area (Å²) in [5.74, 6) is 1.46. The molecule has 2 aliphatic heterocycles. The lowest BCUT2D eigenvalue weighted by Gasteiger charge is -2.32. The molecule has 1 aromatic heterocycles. The molecule has 28 heavy (non-hydrogen) atoms. The summed E-state index contributed by atoms with van der Waals surface area (Å²) in [6, 6.07) is 12.3. The summed E-state index contributed by atoms with van der Waals surface area (Å²) in [5, 5.41) is 1.96. The minimum Gasteiger partial charge on any atom is -0.493 e. The Balaban J connectivity index is 1.25. The molecule has 1 aromatic carbocycles. The van der Waals surface area contributed by atoms with Gasteiger partial charge in [0.05, 0.1) is 24.7 Å². The molecule has 3 heterocycles. The molecule has 2 aromatic rings. The van der Waals surface area contributed by atoms with Gasteiger partial charge in [0, 0.05) is 38.6 Å². The smallest absolute Gasteiger partial charge is 0.263 e. The van der Waals surface area contributed by atoms with Crippen LogP contribution in [0.15, 0.2) is 41.8 Å². The molecule has 0 spiro atoms. The Morgan fingerprint density at radius 1 is 1.14 bits per heavy atom. The van der Waals surface area contributed by atoms with Crippen LogP contribution in [0.3, 0.4) is 0 Å². The Hall–Kier alpha value is -1.89. The monoisotopic (exact) mass is 400 g/mol. The highest BCUT2D eigenvalue weighted by atomic mass is 32.1. The van der Waals surface area contributed by atoms with Crippen LogP contribution >= 0.6 is 11.3 Å². The van der Waals surface area contributed by atoms with Crippen molar-refractivity contribution in [3.05, 3.63) is 52.2 Å². The van der Waals surface area contributed by atoms with Crippen molar-refractivity contribution in [1.82, 2.24) is 9.80 Å². The maximum Gasteiger partial charge on any atom is 0.263 e. The van der Waals surface area contributed by atoms with Crippen molar-refractivity contribution < 1.29 is 14.3 Å². The van der Waals surface area contributed by atoms with Gasteiger partial charge in [-0.2, -0.15) is 0 Å². The average molecular weight is 401 g/mol. The highest BCUT2D eigenvalue weighted by molar-refractivity contribution is 7.12. The number of hydrogen-bond acceptors (Lipinski definition) is 5. The lowest BCUT2D eigenvalue weighted by molar-refractivity contribution is 0.0342. The lowest BCUT2D eigenvalue weighted by atomic mass is 9.99. The van der Waals surface area contributed by atoms with Gasteiger partial charge in [0.2, 0.25) is 0 Å².